The molecule has 1 aromatic carbocycles. The first-order chi connectivity index (χ1) is 14.1. The molecule has 0 heterocycles. The van der Waals surface area contributed by atoms with Crippen LogP contribution in [0.1, 0.15) is 51.0 Å². The first-order valence-corrected chi connectivity index (χ1v) is 10.7. The van der Waals surface area contributed by atoms with Crippen LogP contribution >= 0.6 is 0 Å². The van der Waals surface area contributed by atoms with E-state index >= 15 is 0 Å². The van der Waals surface area contributed by atoms with Crippen LogP contribution in [0.15, 0.2) is 23.2 Å². The van der Waals surface area contributed by atoms with E-state index in [0.29, 0.717) is 19.2 Å². The normalized spacial score (nSPS) is 22.0. The van der Waals surface area contributed by atoms with E-state index in [2.05, 4.69) is 20.9 Å². The molecule has 3 N–H and O–H groups in total. The number of hydrogen-bond acceptors (Lipinski definition) is 4. The first kappa shape index (κ1) is 21.3. The lowest BCUT2D eigenvalue weighted by Gasteiger charge is -2.30. The first-order valence-electron chi connectivity index (χ1n) is 10.7. The molecule has 7 nitrogen and oxygen atoms in total. The van der Waals surface area contributed by atoms with Gasteiger partial charge in [0.05, 0.1) is 13.7 Å². The number of nitrogens with one attached hydrogen (secondary N) is 3. The Morgan fingerprint density at radius 3 is 2.66 bits per heavy atom. The molecule has 29 heavy (non-hydrogen) atoms. The molecule has 3 rings (SSSR count). The lowest BCUT2D eigenvalue weighted by atomic mass is 9.85. The summed E-state index contributed by atoms with van der Waals surface area (Å²) in [5.41, 5.74) is 1.09. The fourth-order valence-electron chi connectivity index (χ4n) is 3.78. The number of carbonyl (C=O) groups excluding carboxylic acids is 1. The van der Waals surface area contributed by atoms with E-state index in [0.717, 1.165) is 61.5 Å². The van der Waals surface area contributed by atoms with E-state index in [4.69, 9.17) is 9.47 Å². The molecule has 1 amide bonds. The highest BCUT2D eigenvalue weighted by atomic mass is 16.5. The van der Waals surface area contributed by atoms with Crippen LogP contribution in [0, 0.1) is 5.92 Å². The van der Waals surface area contributed by atoms with Crippen LogP contribution in [-0.2, 0) is 11.3 Å². The van der Waals surface area contributed by atoms with Crippen LogP contribution < -0.4 is 25.4 Å². The van der Waals surface area contributed by atoms with Gasteiger partial charge in [0.15, 0.2) is 17.5 Å². The Balaban J connectivity index is 1.51. The molecular weight excluding hydrogens is 368 g/mol. The van der Waals surface area contributed by atoms with E-state index in [9.17, 15) is 4.79 Å². The highest BCUT2D eigenvalue weighted by Crippen LogP contribution is 2.28. The lowest BCUT2D eigenvalue weighted by molar-refractivity contribution is -0.126. The second kappa shape index (κ2) is 10.4. The summed E-state index contributed by atoms with van der Waals surface area (Å²) in [6.45, 7) is 3.17. The average molecular weight is 403 g/mol. The number of methoxy groups -OCH3 is 1. The van der Waals surface area contributed by atoms with Crippen molar-refractivity contribution in [2.24, 2.45) is 10.9 Å². The molecule has 1 aromatic rings. The molecule has 2 aliphatic rings. The molecule has 2 unspecified atom stereocenters. The van der Waals surface area contributed by atoms with Gasteiger partial charge in [-0.05, 0) is 56.7 Å². The largest absolute Gasteiger partial charge is 0.493 e. The zero-order valence-electron chi connectivity index (χ0n) is 17.8. The van der Waals surface area contributed by atoms with E-state index in [1.807, 2.05) is 25.1 Å². The Kier molecular flexibility index (Phi) is 7.61. The topological polar surface area (TPSA) is 84.0 Å². The fraction of sp³-hybridized carbons (Fsp3) is 0.636. The van der Waals surface area contributed by atoms with Crippen LogP contribution in [0.3, 0.4) is 0 Å². The number of guanidine groups is 1. The Bertz CT molecular complexity index is 718. The summed E-state index contributed by atoms with van der Waals surface area (Å²) >= 11 is 0. The van der Waals surface area contributed by atoms with Crippen LogP contribution in [0.2, 0.25) is 0 Å². The Labute approximate surface area is 173 Å². The van der Waals surface area contributed by atoms with Gasteiger partial charge in [-0.15, -0.1) is 0 Å². The quantitative estimate of drug-likeness (QED) is 0.460. The number of amides is 1. The smallest absolute Gasteiger partial charge is 0.223 e. The summed E-state index contributed by atoms with van der Waals surface area (Å²) in [7, 11) is 3.42. The predicted molar refractivity (Wildman–Crippen MR) is 114 cm³/mol. The molecular formula is C22H34N4O3. The van der Waals surface area contributed by atoms with Crippen LogP contribution in [0.25, 0.3) is 0 Å². The SMILES string of the molecule is CCOc1cc(CNC(=NC)NC2CCCC(C(=O)NC3CC3)C2)ccc1OC. The maximum atomic E-state index is 12.4. The summed E-state index contributed by atoms with van der Waals surface area (Å²) in [5.74, 6) is 2.57. The van der Waals surface area contributed by atoms with Crippen molar-refractivity contribution in [2.75, 3.05) is 20.8 Å². The van der Waals surface area contributed by atoms with E-state index in [1.54, 1.807) is 14.2 Å². The average Bonchev–Trinajstić information content (AvgIpc) is 3.55. The maximum Gasteiger partial charge on any atom is 0.223 e. The second-order valence-electron chi connectivity index (χ2n) is 7.83. The van der Waals surface area contributed by atoms with Crippen molar-refractivity contribution in [2.45, 2.75) is 64.1 Å². The number of carbonyl (C=O) groups is 1. The van der Waals surface area contributed by atoms with Crippen molar-refractivity contribution in [3.8, 4) is 11.5 Å². The minimum atomic E-state index is 0.107. The second-order valence-corrected chi connectivity index (χ2v) is 7.83. The monoisotopic (exact) mass is 402 g/mol. The van der Waals surface area contributed by atoms with Gasteiger partial charge in [0, 0.05) is 31.6 Å². The Morgan fingerprint density at radius 1 is 1.14 bits per heavy atom. The van der Waals surface area contributed by atoms with E-state index < -0.39 is 0 Å². The van der Waals surface area contributed by atoms with Gasteiger partial charge in [-0.1, -0.05) is 12.5 Å². The van der Waals surface area contributed by atoms with Crippen LogP contribution in [-0.4, -0.2) is 44.7 Å². The zero-order valence-corrected chi connectivity index (χ0v) is 17.8. The van der Waals surface area contributed by atoms with Crippen molar-refractivity contribution < 1.29 is 14.3 Å². The third-order valence-electron chi connectivity index (χ3n) is 5.52. The van der Waals surface area contributed by atoms with Gasteiger partial charge < -0.3 is 25.4 Å². The highest BCUT2D eigenvalue weighted by Gasteiger charge is 2.31. The molecule has 0 aliphatic heterocycles. The standard InChI is InChI=1S/C22H34N4O3/c1-4-29-20-12-15(8-11-19(20)28-3)14-24-22(23-2)26-18-7-5-6-16(13-18)21(27)25-17-9-10-17/h8,11-12,16-18H,4-7,9-10,13-14H2,1-3H3,(H,25,27)(H2,23,24,26). The molecule has 160 valence electrons. The highest BCUT2D eigenvalue weighted by molar-refractivity contribution is 5.81. The summed E-state index contributed by atoms with van der Waals surface area (Å²) in [4.78, 5) is 16.7. The van der Waals surface area contributed by atoms with Crippen LogP contribution in [0.4, 0.5) is 0 Å². The number of hydrogen-bond donors (Lipinski definition) is 3. The number of nitrogens with zero attached hydrogens (tertiary/aromatic N) is 1. The van der Waals surface area contributed by atoms with Crippen molar-refractivity contribution in [3.05, 3.63) is 23.8 Å². The number of benzene rings is 1. The van der Waals surface area contributed by atoms with Crippen LogP contribution in [0.5, 0.6) is 11.5 Å². The molecule has 0 spiro atoms. The summed E-state index contributed by atoms with van der Waals surface area (Å²) in [6, 6.07) is 6.61. The van der Waals surface area contributed by atoms with E-state index in [1.165, 1.54) is 0 Å². The van der Waals surface area contributed by atoms with Crippen molar-refractivity contribution >= 4 is 11.9 Å². The van der Waals surface area contributed by atoms with E-state index in [-0.39, 0.29) is 17.9 Å². The Morgan fingerprint density at radius 2 is 1.97 bits per heavy atom. The Hall–Kier alpha value is -2.44. The molecule has 0 radical (unpaired) electrons. The third-order valence-corrected chi connectivity index (χ3v) is 5.52. The van der Waals surface area contributed by atoms with Gasteiger partial charge >= 0.3 is 0 Å². The van der Waals surface area contributed by atoms with Gasteiger partial charge in [0.25, 0.3) is 0 Å². The molecule has 0 bridgehead atoms. The van der Waals surface area contributed by atoms with Gasteiger partial charge in [-0.3, -0.25) is 9.79 Å². The minimum absolute atomic E-state index is 0.107. The molecule has 2 aliphatic carbocycles. The van der Waals surface area contributed by atoms with Crippen molar-refractivity contribution in [1.29, 1.82) is 0 Å². The predicted octanol–water partition coefficient (Wildman–Crippen LogP) is 2.60. The summed E-state index contributed by atoms with van der Waals surface area (Å²) in [6.07, 6.45) is 6.23. The molecule has 2 fully saturated rings. The van der Waals surface area contributed by atoms with Gasteiger partial charge in [0.1, 0.15) is 0 Å². The molecule has 2 atom stereocenters. The molecule has 0 saturated heterocycles. The maximum absolute atomic E-state index is 12.4. The third kappa shape index (κ3) is 6.27. The van der Waals surface area contributed by atoms with Crippen molar-refractivity contribution in [3.63, 3.8) is 0 Å². The molecule has 2 saturated carbocycles. The minimum Gasteiger partial charge on any atom is -0.493 e. The molecule has 7 heteroatoms. The fourth-order valence-corrected chi connectivity index (χ4v) is 3.78. The number of aliphatic imine (C=N–C) groups is 1. The van der Waals surface area contributed by atoms with Gasteiger partial charge in [-0.2, -0.15) is 0 Å². The number of ether oxygens (including phenoxy) is 2. The summed E-state index contributed by atoms with van der Waals surface area (Å²) < 4.78 is 11.0. The summed E-state index contributed by atoms with van der Waals surface area (Å²) in [5, 5.41) is 10.0. The van der Waals surface area contributed by atoms with Gasteiger partial charge in [0.2, 0.25) is 5.91 Å². The lowest BCUT2D eigenvalue weighted by Crippen LogP contribution is -2.47. The molecule has 0 aromatic heterocycles. The zero-order chi connectivity index (χ0) is 20.6. The van der Waals surface area contributed by atoms with Crippen molar-refractivity contribution in [1.82, 2.24) is 16.0 Å². The number of rotatable bonds is 8. The van der Waals surface area contributed by atoms with Gasteiger partial charge in [-0.25, -0.2) is 0 Å².